The second-order valence-electron chi connectivity index (χ2n) is 11.7. The third-order valence-electron chi connectivity index (χ3n) is 9.01. The lowest BCUT2D eigenvalue weighted by atomic mass is 9.78. The second kappa shape index (κ2) is 13.1. The molecule has 6 N–H and O–H groups in total. The molecule has 0 unspecified atom stereocenters. The Hall–Kier alpha value is -4.09. The smallest absolute Gasteiger partial charge is 0.233 e. The first-order valence-electron chi connectivity index (χ1n) is 15.1. The molecule has 0 spiro atoms. The molecule has 2 saturated heterocycles. The van der Waals surface area contributed by atoms with Gasteiger partial charge in [-0.2, -0.15) is 0 Å². The van der Waals surface area contributed by atoms with Crippen molar-refractivity contribution in [3.63, 3.8) is 0 Å². The number of aliphatic hydroxyl groups excluding tert-OH is 5. The van der Waals surface area contributed by atoms with Gasteiger partial charge in [0.1, 0.15) is 36.3 Å². The molecule has 4 aromatic carbocycles. The number of hydrogen-bond acceptors (Lipinski definition) is 8. The number of benzene rings is 4. The number of para-hydroxylation sites is 2. The standard InChI is InChI=1S/C36H37NO8/c38-20-29-32(41)33(42)34(43)35(45-29)27-13-7-12-25(31(27)40)21-14-16-23(17-15-21)30-26(18-19-28(39)22-8-3-1-4-9-22)36(44)37(30)24-10-5-2-6-11-24/h1-17,26,28-30,32-35,38-43H,18-20H2/t26-,28+,29-,30-,32-,33+,34-,35+/m1/s1. The molecule has 2 aliphatic heterocycles. The van der Waals surface area contributed by atoms with Gasteiger partial charge in [0, 0.05) is 16.8 Å². The van der Waals surface area contributed by atoms with Crippen LogP contribution in [0.3, 0.4) is 0 Å². The predicted molar refractivity (Wildman–Crippen MR) is 167 cm³/mol. The molecule has 2 heterocycles. The molecule has 0 aromatic heterocycles. The van der Waals surface area contributed by atoms with E-state index >= 15 is 0 Å². The van der Waals surface area contributed by atoms with Crippen LogP contribution in [-0.2, 0) is 9.53 Å². The summed E-state index contributed by atoms with van der Waals surface area (Å²) in [6, 6.07) is 31.2. The number of phenolic OH excluding ortho intramolecular Hbond substituents is 1. The van der Waals surface area contributed by atoms with Crippen molar-refractivity contribution < 1.29 is 40.2 Å². The average Bonchev–Trinajstić information content (AvgIpc) is 3.07. The zero-order valence-electron chi connectivity index (χ0n) is 24.5. The van der Waals surface area contributed by atoms with Crippen LogP contribution in [0, 0.1) is 5.92 Å². The first-order valence-corrected chi connectivity index (χ1v) is 15.1. The van der Waals surface area contributed by atoms with Crippen molar-refractivity contribution in [2.45, 2.75) is 55.5 Å². The van der Waals surface area contributed by atoms with E-state index < -0.39 is 43.2 Å². The van der Waals surface area contributed by atoms with Crippen molar-refractivity contribution in [2.24, 2.45) is 5.92 Å². The van der Waals surface area contributed by atoms with E-state index in [4.69, 9.17) is 4.74 Å². The zero-order valence-corrected chi connectivity index (χ0v) is 24.5. The van der Waals surface area contributed by atoms with Crippen molar-refractivity contribution in [1.29, 1.82) is 0 Å². The quantitative estimate of drug-likeness (QED) is 0.157. The summed E-state index contributed by atoms with van der Waals surface area (Å²) in [7, 11) is 0. The van der Waals surface area contributed by atoms with Gasteiger partial charge in [0.15, 0.2) is 0 Å². The molecule has 4 aromatic rings. The molecule has 234 valence electrons. The van der Waals surface area contributed by atoms with E-state index in [0.717, 1.165) is 16.8 Å². The lowest BCUT2D eigenvalue weighted by Gasteiger charge is -2.48. The molecule has 0 radical (unpaired) electrons. The van der Waals surface area contributed by atoms with Crippen molar-refractivity contribution in [3.8, 4) is 16.9 Å². The largest absolute Gasteiger partial charge is 0.507 e. The number of hydrogen-bond donors (Lipinski definition) is 6. The van der Waals surface area contributed by atoms with Crippen LogP contribution in [0.2, 0.25) is 0 Å². The van der Waals surface area contributed by atoms with Crippen LogP contribution in [-0.4, -0.2) is 67.6 Å². The molecule has 0 aliphatic carbocycles. The summed E-state index contributed by atoms with van der Waals surface area (Å²) in [6.45, 7) is -0.570. The van der Waals surface area contributed by atoms with Gasteiger partial charge >= 0.3 is 0 Å². The topological polar surface area (TPSA) is 151 Å². The lowest BCUT2D eigenvalue weighted by Crippen LogP contribution is -2.55. The van der Waals surface area contributed by atoms with Gasteiger partial charge in [-0.05, 0) is 41.7 Å². The maximum Gasteiger partial charge on any atom is 0.233 e. The summed E-state index contributed by atoms with van der Waals surface area (Å²) in [5, 5.41) is 62.7. The van der Waals surface area contributed by atoms with Crippen molar-refractivity contribution in [1.82, 2.24) is 0 Å². The number of nitrogens with zero attached hydrogens (tertiary/aromatic N) is 1. The van der Waals surface area contributed by atoms with Crippen LogP contribution in [0.15, 0.2) is 103 Å². The number of amides is 1. The predicted octanol–water partition coefficient (Wildman–Crippen LogP) is 3.79. The third kappa shape index (κ3) is 5.86. The van der Waals surface area contributed by atoms with E-state index in [1.165, 1.54) is 0 Å². The fourth-order valence-electron chi connectivity index (χ4n) is 6.51. The van der Waals surface area contributed by atoms with E-state index in [1.807, 2.05) is 84.9 Å². The number of aliphatic hydroxyl groups is 5. The molecular weight excluding hydrogens is 574 g/mol. The van der Waals surface area contributed by atoms with Crippen LogP contribution < -0.4 is 4.90 Å². The number of anilines is 1. The Labute approximate surface area is 261 Å². The van der Waals surface area contributed by atoms with E-state index in [9.17, 15) is 35.4 Å². The molecule has 9 heteroatoms. The molecule has 2 fully saturated rings. The SMILES string of the molecule is O=C1[C@H](CC[C@H](O)c2ccccc2)[C@@H](c2ccc(-c3cccc([C@@H]4O[C@H](CO)[C@@H](O)[C@H](O)[C@H]4O)c3O)cc2)N1c1ccccc1. The maximum atomic E-state index is 13.5. The molecule has 45 heavy (non-hydrogen) atoms. The van der Waals surface area contributed by atoms with Crippen LogP contribution in [0.1, 0.15) is 47.8 Å². The minimum absolute atomic E-state index is 0.000382. The van der Waals surface area contributed by atoms with Gasteiger partial charge in [0.05, 0.1) is 24.7 Å². The number of β-lactam (4-membered cyclic amide) rings is 1. The number of carbonyl (C=O) groups is 1. The Kier molecular flexibility index (Phi) is 9.00. The van der Waals surface area contributed by atoms with Crippen molar-refractivity contribution >= 4 is 11.6 Å². The van der Waals surface area contributed by atoms with Crippen LogP contribution in [0.25, 0.3) is 11.1 Å². The summed E-state index contributed by atoms with van der Waals surface area (Å²) in [4.78, 5) is 15.2. The van der Waals surface area contributed by atoms with Gasteiger partial charge in [-0.25, -0.2) is 0 Å². The number of carbonyl (C=O) groups excluding carboxylic acids is 1. The van der Waals surface area contributed by atoms with Gasteiger partial charge in [-0.3, -0.25) is 4.79 Å². The summed E-state index contributed by atoms with van der Waals surface area (Å²) in [5.74, 6) is -0.482. The summed E-state index contributed by atoms with van der Waals surface area (Å²) >= 11 is 0. The highest BCUT2D eigenvalue weighted by molar-refractivity contribution is 6.03. The second-order valence-corrected chi connectivity index (χ2v) is 11.7. The number of rotatable bonds is 9. The van der Waals surface area contributed by atoms with Crippen molar-refractivity contribution in [2.75, 3.05) is 11.5 Å². The summed E-state index contributed by atoms with van der Waals surface area (Å²) in [6.07, 6.45) is -6.60. The highest BCUT2D eigenvalue weighted by Crippen LogP contribution is 2.47. The van der Waals surface area contributed by atoms with E-state index in [0.29, 0.717) is 24.0 Å². The van der Waals surface area contributed by atoms with Crippen LogP contribution in [0.4, 0.5) is 5.69 Å². The van der Waals surface area contributed by atoms with Crippen LogP contribution >= 0.6 is 0 Å². The number of aromatic hydroxyl groups is 1. The first kappa shape index (κ1) is 30.9. The summed E-state index contributed by atoms with van der Waals surface area (Å²) in [5.41, 5.74) is 3.87. The zero-order chi connectivity index (χ0) is 31.7. The normalized spacial score (nSPS) is 27.2. The van der Waals surface area contributed by atoms with E-state index in [2.05, 4.69) is 0 Å². The highest BCUT2D eigenvalue weighted by atomic mass is 16.5. The Balaban J connectivity index is 1.26. The van der Waals surface area contributed by atoms with Gasteiger partial charge < -0.3 is 40.3 Å². The Morgan fingerprint density at radius 3 is 2.11 bits per heavy atom. The minimum Gasteiger partial charge on any atom is -0.507 e. The highest BCUT2D eigenvalue weighted by Gasteiger charge is 2.48. The molecule has 0 bridgehead atoms. The Bertz CT molecular complexity index is 1600. The minimum atomic E-state index is -1.57. The molecule has 1 amide bonds. The Morgan fingerprint density at radius 1 is 0.778 bits per heavy atom. The fraction of sp³-hybridized carbons (Fsp3) is 0.306. The molecule has 9 nitrogen and oxygen atoms in total. The number of ether oxygens (including phenoxy) is 1. The van der Waals surface area contributed by atoms with Gasteiger partial charge in [0.25, 0.3) is 0 Å². The monoisotopic (exact) mass is 611 g/mol. The van der Waals surface area contributed by atoms with E-state index in [1.54, 1.807) is 23.1 Å². The van der Waals surface area contributed by atoms with Gasteiger partial charge in [0.2, 0.25) is 5.91 Å². The van der Waals surface area contributed by atoms with Crippen molar-refractivity contribution in [3.05, 3.63) is 120 Å². The molecule has 6 rings (SSSR count). The molecular formula is C36H37NO8. The third-order valence-corrected chi connectivity index (χ3v) is 9.01. The number of phenols is 1. The molecule has 8 atom stereocenters. The molecule has 0 saturated carbocycles. The molecule has 2 aliphatic rings. The summed E-state index contributed by atoms with van der Waals surface area (Å²) < 4.78 is 5.68. The average molecular weight is 612 g/mol. The van der Waals surface area contributed by atoms with Crippen LogP contribution in [0.5, 0.6) is 5.75 Å². The Morgan fingerprint density at radius 2 is 1.44 bits per heavy atom. The first-order chi connectivity index (χ1) is 21.8. The van der Waals surface area contributed by atoms with Gasteiger partial charge in [-0.15, -0.1) is 0 Å². The fourth-order valence-corrected chi connectivity index (χ4v) is 6.51. The maximum absolute atomic E-state index is 13.5. The lowest BCUT2D eigenvalue weighted by molar-refractivity contribution is -0.232. The van der Waals surface area contributed by atoms with E-state index in [-0.39, 0.29) is 29.2 Å². The van der Waals surface area contributed by atoms with Gasteiger partial charge in [-0.1, -0.05) is 91.0 Å².